The summed E-state index contributed by atoms with van der Waals surface area (Å²) in [5.74, 6) is -0.282. The number of nitrogens with one attached hydrogen (secondary N) is 1. The van der Waals surface area contributed by atoms with Crippen LogP contribution in [0, 0.1) is 15.5 Å². The molecule has 0 heterocycles. The molecule has 0 bridgehead atoms. The van der Waals surface area contributed by atoms with E-state index in [2.05, 4.69) is 19.2 Å². The lowest BCUT2D eigenvalue weighted by Gasteiger charge is -2.17. The van der Waals surface area contributed by atoms with E-state index in [1.165, 1.54) is 18.2 Å². The minimum atomic E-state index is -0.579. The minimum absolute atomic E-state index is 0.0635. The van der Waals surface area contributed by atoms with Crippen LogP contribution in [0.4, 0.5) is 11.4 Å². The van der Waals surface area contributed by atoms with Gasteiger partial charge in [-0.3, -0.25) is 14.9 Å². The van der Waals surface area contributed by atoms with Gasteiger partial charge in [0.05, 0.1) is 4.92 Å². The zero-order chi connectivity index (χ0) is 14.9. The maximum Gasteiger partial charge on any atom is 0.292 e. The number of hydrogen-bond acceptors (Lipinski definition) is 4. The maximum atomic E-state index is 12.1. The quantitative estimate of drug-likeness (QED) is 0.503. The lowest BCUT2D eigenvalue weighted by Crippen LogP contribution is -2.33. The normalized spacial score (nSPS) is 20.6. The monoisotopic (exact) mass is 277 g/mol. The van der Waals surface area contributed by atoms with E-state index < -0.39 is 4.92 Å². The summed E-state index contributed by atoms with van der Waals surface area (Å²) in [5.41, 5.74) is 5.86. The SMILES string of the molecule is CC1(C)CCC(NC(=O)c2ccc(N)c([N+](=O)[O-])c2)C1. The van der Waals surface area contributed by atoms with E-state index in [9.17, 15) is 14.9 Å². The van der Waals surface area contributed by atoms with E-state index in [-0.39, 0.29) is 34.3 Å². The summed E-state index contributed by atoms with van der Waals surface area (Å²) in [6.07, 6.45) is 2.94. The number of anilines is 1. The summed E-state index contributed by atoms with van der Waals surface area (Å²) < 4.78 is 0. The first kappa shape index (κ1) is 14.3. The van der Waals surface area contributed by atoms with Gasteiger partial charge in [0, 0.05) is 17.7 Å². The van der Waals surface area contributed by atoms with E-state index in [4.69, 9.17) is 5.73 Å². The molecule has 3 N–H and O–H groups in total. The topological polar surface area (TPSA) is 98.3 Å². The van der Waals surface area contributed by atoms with E-state index in [1.54, 1.807) is 0 Å². The highest BCUT2D eigenvalue weighted by Crippen LogP contribution is 2.37. The van der Waals surface area contributed by atoms with Crippen molar-refractivity contribution in [3.63, 3.8) is 0 Å². The molecule has 2 rings (SSSR count). The highest BCUT2D eigenvalue weighted by atomic mass is 16.6. The van der Waals surface area contributed by atoms with Crippen molar-refractivity contribution in [1.29, 1.82) is 0 Å². The molecule has 20 heavy (non-hydrogen) atoms. The van der Waals surface area contributed by atoms with Crippen LogP contribution >= 0.6 is 0 Å². The number of amides is 1. The molecule has 1 aromatic carbocycles. The maximum absolute atomic E-state index is 12.1. The highest BCUT2D eigenvalue weighted by molar-refractivity contribution is 5.95. The van der Waals surface area contributed by atoms with E-state index in [0.717, 1.165) is 19.3 Å². The van der Waals surface area contributed by atoms with Crippen LogP contribution in [0.5, 0.6) is 0 Å². The molecule has 1 fully saturated rings. The molecule has 6 heteroatoms. The molecule has 6 nitrogen and oxygen atoms in total. The number of nitrogens with zero attached hydrogens (tertiary/aromatic N) is 1. The van der Waals surface area contributed by atoms with Gasteiger partial charge in [0.15, 0.2) is 0 Å². The first-order chi connectivity index (χ1) is 9.28. The summed E-state index contributed by atoms with van der Waals surface area (Å²) >= 11 is 0. The van der Waals surface area contributed by atoms with Crippen LogP contribution in [-0.2, 0) is 0 Å². The Bertz CT molecular complexity index is 555. The van der Waals surface area contributed by atoms with Crippen molar-refractivity contribution < 1.29 is 9.72 Å². The van der Waals surface area contributed by atoms with E-state index in [0.29, 0.717) is 0 Å². The van der Waals surface area contributed by atoms with Crippen molar-refractivity contribution in [2.24, 2.45) is 5.41 Å². The molecule has 1 aromatic rings. The molecule has 1 atom stereocenters. The van der Waals surface area contributed by atoms with Crippen molar-refractivity contribution in [2.45, 2.75) is 39.2 Å². The van der Waals surface area contributed by atoms with Gasteiger partial charge in [0.25, 0.3) is 11.6 Å². The number of nitrogen functional groups attached to an aromatic ring is 1. The Kier molecular flexibility index (Phi) is 3.65. The highest BCUT2D eigenvalue weighted by Gasteiger charge is 2.32. The van der Waals surface area contributed by atoms with Crippen LogP contribution in [0.15, 0.2) is 18.2 Å². The lowest BCUT2D eigenvalue weighted by atomic mass is 9.92. The molecule has 1 amide bonds. The van der Waals surface area contributed by atoms with Gasteiger partial charge in [-0.2, -0.15) is 0 Å². The second-order valence-electron chi connectivity index (χ2n) is 6.11. The molecule has 1 aliphatic rings. The number of carbonyl (C=O) groups excluding carboxylic acids is 1. The summed E-state index contributed by atoms with van der Waals surface area (Å²) in [5, 5.41) is 13.8. The second kappa shape index (κ2) is 5.11. The Morgan fingerprint density at radius 3 is 2.75 bits per heavy atom. The number of benzene rings is 1. The van der Waals surface area contributed by atoms with E-state index in [1.807, 2.05) is 0 Å². The van der Waals surface area contributed by atoms with Gasteiger partial charge in [-0.05, 0) is 36.8 Å². The van der Waals surface area contributed by atoms with Gasteiger partial charge < -0.3 is 11.1 Å². The molecule has 0 aliphatic heterocycles. The largest absolute Gasteiger partial charge is 0.393 e. The Morgan fingerprint density at radius 1 is 1.50 bits per heavy atom. The smallest absolute Gasteiger partial charge is 0.292 e. The van der Waals surface area contributed by atoms with Crippen LogP contribution in [0.2, 0.25) is 0 Å². The molecule has 0 saturated heterocycles. The third-order valence-corrected chi connectivity index (χ3v) is 3.79. The Hall–Kier alpha value is -2.11. The Labute approximate surface area is 117 Å². The molecule has 1 aliphatic carbocycles. The predicted molar refractivity (Wildman–Crippen MR) is 76.4 cm³/mol. The molecular formula is C14H19N3O3. The fourth-order valence-corrected chi connectivity index (χ4v) is 2.67. The molecule has 0 aromatic heterocycles. The fourth-order valence-electron chi connectivity index (χ4n) is 2.67. The number of nitro groups is 1. The number of carbonyl (C=O) groups is 1. The van der Waals surface area contributed by atoms with Gasteiger partial charge in [-0.15, -0.1) is 0 Å². The third-order valence-electron chi connectivity index (χ3n) is 3.79. The average Bonchev–Trinajstić information content (AvgIpc) is 2.68. The van der Waals surface area contributed by atoms with E-state index >= 15 is 0 Å². The number of nitrogens with two attached hydrogens (primary N) is 1. The fraction of sp³-hybridized carbons (Fsp3) is 0.500. The van der Waals surface area contributed by atoms with Crippen LogP contribution in [-0.4, -0.2) is 16.9 Å². The predicted octanol–water partition coefficient (Wildman–Crippen LogP) is 2.49. The minimum Gasteiger partial charge on any atom is -0.393 e. The summed E-state index contributed by atoms with van der Waals surface area (Å²) in [6, 6.07) is 4.27. The molecule has 0 radical (unpaired) electrons. The first-order valence-electron chi connectivity index (χ1n) is 6.63. The van der Waals surface area contributed by atoms with Crippen molar-refractivity contribution in [2.75, 3.05) is 5.73 Å². The zero-order valence-corrected chi connectivity index (χ0v) is 11.7. The molecule has 1 saturated carbocycles. The number of rotatable bonds is 3. The average molecular weight is 277 g/mol. The van der Waals surface area contributed by atoms with Crippen molar-refractivity contribution >= 4 is 17.3 Å². The summed E-state index contributed by atoms with van der Waals surface area (Å²) in [7, 11) is 0. The van der Waals surface area contributed by atoms with Crippen molar-refractivity contribution in [3.05, 3.63) is 33.9 Å². The van der Waals surface area contributed by atoms with Crippen LogP contribution in [0.25, 0.3) is 0 Å². The Morgan fingerprint density at radius 2 is 2.20 bits per heavy atom. The number of hydrogen-bond donors (Lipinski definition) is 2. The van der Waals surface area contributed by atoms with Crippen molar-refractivity contribution in [3.8, 4) is 0 Å². The number of nitro benzene ring substituents is 1. The van der Waals surface area contributed by atoms with Gasteiger partial charge in [0.2, 0.25) is 0 Å². The Balaban J connectivity index is 2.10. The molecule has 1 unspecified atom stereocenters. The van der Waals surface area contributed by atoms with Gasteiger partial charge >= 0.3 is 0 Å². The van der Waals surface area contributed by atoms with Crippen LogP contribution < -0.4 is 11.1 Å². The summed E-state index contributed by atoms with van der Waals surface area (Å²) in [6.45, 7) is 4.35. The molecule has 0 spiro atoms. The second-order valence-corrected chi connectivity index (χ2v) is 6.11. The zero-order valence-electron chi connectivity index (χ0n) is 11.7. The van der Waals surface area contributed by atoms with Gasteiger partial charge in [-0.25, -0.2) is 0 Å². The van der Waals surface area contributed by atoms with Crippen LogP contribution in [0.3, 0.4) is 0 Å². The third kappa shape index (κ3) is 3.07. The van der Waals surface area contributed by atoms with Crippen LogP contribution in [0.1, 0.15) is 43.5 Å². The summed E-state index contributed by atoms with van der Waals surface area (Å²) in [4.78, 5) is 22.4. The van der Waals surface area contributed by atoms with Gasteiger partial charge in [0.1, 0.15) is 5.69 Å². The standard InChI is InChI=1S/C14H19N3O3/c1-14(2)6-5-10(8-14)16-13(18)9-3-4-11(15)12(7-9)17(19)20/h3-4,7,10H,5-6,8,15H2,1-2H3,(H,16,18). The lowest BCUT2D eigenvalue weighted by molar-refractivity contribution is -0.383. The first-order valence-corrected chi connectivity index (χ1v) is 6.63. The molecule has 108 valence electrons. The molecular weight excluding hydrogens is 258 g/mol. The van der Waals surface area contributed by atoms with Crippen molar-refractivity contribution in [1.82, 2.24) is 5.32 Å². The van der Waals surface area contributed by atoms with Gasteiger partial charge in [-0.1, -0.05) is 13.8 Å².